The summed E-state index contributed by atoms with van der Waals surface area (Å²) in [7, 11) is 1.58. The lowest BCUT2D eigenvalue weighted by Gasteiger charge is -2.09. The van der Waals surface area contributed by atoms with Crippen molar-refractivity contribution < 1.29 is 9.53 Å². The molecule has 0 fully saturated rings. The van der Waals surface area contributed by atoms with Gasteiger partial charge in [-0.25, -0.2) is 0 Å². The van der Waals surface area contributed by atoms with Crippen LogP contribution < -0.4 is 4.74 Å². The molecule has 0 bridgehead atoms. The summed E-state index contributed by atoms with van der Waals surface area (Å²) in [4.78, 5) is 15.0. The summed E-state index contributed by atoms with van der Waals surface area (Å²) in [6.45, 7) is 0. The van der Waals surface area contributed by atoms with E-state index in [0.29, 0.717) is 17.2 Å². The van der Waals surface area contributed by atoms with Gasteiger partial charge in [0.1, 0.15) is 10.8 Å². The van der Waals surface area contributed by atoms with Gasteiger partial charge in [-0.1, -0.05) is 11.6 Å². The minimum Gasteiger partial charge on any atom is -0.495 e. The van der Waals surface area contributed by atoms with Crippen molar-refractivity contribution >= 4 is 28.3 Å². The van der Waals surface area contributed by atoms with Gasteiger partial charge in [0.05, 0.1) is 18.3 Å². The fraction of sp³-hybridized carbons (Fsp3) is 0.308. The van der Waals surface area contributed by atoms with Crippen LogP contribution in [0, 0.1) is 0 Å². The first kappa shape index (κ1) is 10.7. The number of carbonyl (C=O) groups excluding carboxylic acids is 1. The van der Waals surface area contributed by atoms with Crippen molar-refractivity contribution in [3.8, 4) is 5.75 Å². The smallest absolute Gasteiger partial charge is 0.179 e. The Labute approximate surface area is 104 Å². The standard InChI is InChI=1S/C13H12ClNO2/c1-17-10-6-5-8-7-3-2-4-9(16)12(7)15-13(8)11(10)14/h5-6,15H,2-4H2,1H3. The van der Waals surface area contributed by atoms with Crippen LogP contribution in [0.25, 0.3) is 10.9 Å². The van der Waals surface area contributed by atoms with Crippen LogP contribution in [0.1, 0.15) is 28.9 Å². The quantitative estimate of drug-likeness (QED) is 0.842. The van der Waals surface area contributed by atoms with Crippen LogP contribution in [0.3, 0.4) is 0 Å². The number of aromatic amines is 1. The number of hydrogen-bond donors (Lipinski definition) is 1. The molecule has 2 aromatic rings. The fourth-order valence-electron chi connectivity index (χ4n) is 2.47. The third-order valence-electron chi connectivity index (χ3n) is 3.31. The van der Waals surface area contributed by atoms with Crippen molar-refractivity contribution in [2.24, 2.45) is 0 Å². The van der Waals surface area contributed by atoms with Crippen LogP contribution in [0.5, 0.6) is 5.75 Å². The first-order valence-corrected chi connectivity index (χ1v) is 6.00. The van der Waals surface area contributed by atoms with Crippen LogP contribution >= 0.6 is 11.6 Å². The number of rotatable bonds is 1. The van der Waals surface area contributed by atoms with Gasteiger partial charge in [-0.05, 0) is 30.5 Å². The van der Waals surface area contributed by atoms with Crippen molar-refractivity contribution in [2.45, 2.75) is 19.3 Å². The molecule has 1 aromatic carbocycles. The highest BCUT2D eigenvalue weighted by molar-refractivity contribution is 6.37. The third kappa shape index (κ3) is 1.46. The summed E-state index contributed by atoms with van der Waals surface area (Å²) >= 11 is 6.24. The van der Waals surface area contributed by atoms with Crippen molar-refractivity contribution in [1.29, 1.82) is 0 Å². The number of benzene rings is 1. The largest absolute Gasteiger partial charge is 0.495 e. The Morgan fingerprint density at radius 2 is 2.18 bits per heavy atom. The van der Waals surface area contributed by atoms with Crippen molar-refractivity contribution in [1.82, 2.24) is 4.98 Å². The molecule has 0 saturated heterocycles. The van der Waals surface area contributed by atoms with Gasteiger partial charge in [-0.2, -0.15) is 0 Å². The molecule has 1 N–H and O–H groups in total. The molecule has 0 radical (unpaired) electrons. The van der Waals surface area contributed by atoms with Crippen molar-refractivity contribution in [3.05, 3.63) is 28.4 Å². The number of H-pyrrole nitrogens is 1. The number of methoxy groups -OCH3 is 1. The Balaban J connectivity index is 2.34. The second-order valence-electron chi connectivity index (χ2n) is 4.26. The summed E-state index contributed by atoms with van der Waals surface area (Å²) < 4.78 is 5.18. The Morgan fingerprint density at radius 1 is 1.35 bits per heavy atom. The van der Waals surface area contributed by atoms with Crippen LogP contribution in [-0.4, -0.2) is 17.9 Å². The average molecular weight is 250 g/mol. The number of hydrogen-bond acceptors (Lipinski definition) is 2. The number of carbonyl (C=O) groups is 1. The highest BCUT2D eigenvalue weighted by Crippen LogP contribution is 2.37. The van der Waals surface area contributed by atoms with E-state index in [2.05, 4.69) is 4.98 Å². The lowest BCUT2D eigenvalue weighted by molar-refractivity contribution is 0.0968. The van der Waals surface area contributed by atoms with Gasteiger partial charge in [-0.3, -0.25) is 4.79 Å². The minimum atomic E-state index is 0.178. The predicted octanol–water partition coefficient (Wildman–Crippen LogP) is 3.35. The van der Waals surface area contributed by atoms with Gasteiger partial charge in [-0.15, -0.1) is 0 Å². The number of halogens is 1. The highest BCUT2D eigenvalue weighted by Gasteiger charge is 2.23. The number of aryl methyl sites for hydroxylation is 1. The summed E-state index contributed by atoms with van der Waals surface area (Å²) in [5.74, 6) is 0.808. The van der Waals surface area contributed by atoms with E-state index in [-0.39, 0.29) is 5.78 Å². The van der Waals surface area contributed by atoms with Gasteiger partial charge in [0, 0.05) is 11.8 Å². The molecule has 88 valence electrons. The number of aromatic nitrogens is 1. The molecule has 0 atom stereocenters. The molecule has 0 spiro atoms. The SMILES string of the molecule is COc1ccc2c3c([nH]c2c1Cl)C(=O)CCC3. The molecular weight excluding hydrogens is 238 g/mol. The molecule has 1 aliphatic rings. The number of ether oxygens (including phenoxy) is 1. The van der Waals surface area contributed by atoms with Gasteiger partial charge in [0.25, 0.3) is 0 Å². The maximum atomic E-state index is 11.8. The Bertz CT molecular complexity index is 615. The normalized spacial score (nSPS) is 15.1. The van der Waals surface area contributed by atoms with Crippen LogP contribution in [-0.2, 0) is 6.42 Å². The van der Waals surface area contributed by atoms with Gasteiger partial charge >= 0.3 is 0 Å². The average Bonchev–Trinajstić information content (AvgIpc) is 2.71. The molecule has 3 rings (SSSR count). The third-order valence-corrected chi connectivity index (χ3v) is 3.69. The second kappa shape index (κ2) is 3.77. The molecule has 1 heterocycles. The van der Waals surface area contributed by atoms with E-state index < -0.39 is 0 Å². The molecule has 1 aromatic heterocycles. The minimum absolute atomic E-state index is 0.178. The molecule has 0 aliphatic heterocycles. The fourth-order valence-corrected chi connectivity index (χ4v) is 2.76. The van der Waals surface area contributed by atoms with Crippen LogP contribution in [0.2, 0.25) is 5.02 Å². The first-order valence-electron chi connectivity index (χ1n) is 5.62. The molecule has 4 heteroatoms. The zero-order chi connectivity index (χ0) is 12.0. The van der Waals surface area contributed by atoms with E-state index in [1.807, 2.05) is 12.1 Å². The van der Waals surface area contributed by atoms with E-state index in [1.54, 1.807) is 7.11 Å². The van der Waals surface area contributed by atoms with Crippen molar-refractivity contribution in [2.75, 3.05) is 7.11 Å². The van der Waals surface area contributed by atoms with Crippen molar-refractivity contribution in [3.63, 3.8) is 0 Å². The first-order chi connectivity index (χ1) is 8.22. The molecule has 0 amide bonds. The van der Waals surface area contributed by atoms with Crippen LogP contribution in [0.4, 0.5) is 0 Å². The zero-order valence-corrected chi connectivity index (χ0v) is 10.2. The molecule has 0 saturated carbocycles. The zero-order valence-electron chi connectivity index (χ0n) is 9.47. The lowest BCUT2D eigenvalue weighted by Crippen LogP contribution is -2.09. The molecular formula is C13H12ClNO2. The molecule has 17 heavy (non-hydrogen) atoms. The number of Topliss-reactive ketones (excluding diaryl/α,β-unsaturated/α-hetero) is 1. The summed E-state index contributed by atoms with van der Waals surface area (Å²) in [5, 5.41) is 1.59. The number of ketones is 1. The lowest BCUT2D eigenvalue weighted by atomic mass is 9.95. The van der Waals surface area contributed by atoms with Gasteiger partial charge in [0.2, 0.25) is 0 Å². The summed E-state index contributed by atoms with van der Waals surface area (Å²) in [6.07, 6.45) is 2.47. The van der Waals surface area contributed by atoms with E-state index >= 15 is 0 Å². The molecule has 1 aliphatic carbocycles. The predicted molar refractivity (Wildman–Crippen MR) is 67.1 cm³/mol. The van der Waals surface area contributed by atoms with E-state index in [9.17, 15) is 4.79 Å². The second-order valence-corrected chi connectivity index (χ2v) is 4.64. The summed E-state index contributed by atoms with van der Waals surface area (Å²) in [5.41, 5.74) is 2.63. The summed E-state index contributed by atoms with van der Waals surface area (Å²) in [6, 6.07) is 3.81. The van der Waals surface area contributed by atoms with Crippen LogP contribution in [0.15, 0.2) is 12.1 Å². The maximum absolute atomic E-state index is 11.8. The highest BCUT2D eigenvalue weighted by atomic mass is 35.5. The van der Waals surface area contributed by atoms with E-state index in [4.69, 9.17) is 16.3 Å². The topological polar surface area (TPSA) is 42.1 Å². The maximum Gasteiger partial charge on any atom is 0.179 e. The number of nitrogens with one attached hydrogen (secondary N) is 1. The van der Waals surface area contributed by atoms with Gasteiger partial charge < -0.3 is 9.72 Å². The Morgan fingerprint density at radius 3 is 2.94 bits per heavy atom. The molecule has 0 unspecified atom stereocenters. The monoisotopic (exact) mass is 249 g/mol. The van der Waals surface area contributed by atoms with E-state index in [1.165, 1.54) is 0 Å². The van der Waals surface area contributed by atoms with Gasteiger partial charge in [0.15, 0.2) is 5.78 Å². The molecule has 3 nitrogen and oxygen atoms in total. The number of fused-ring (bicyclic) bond motifs is 3. The Hall–Kier alpha value is -1.48. The Kier molecular flexibility index (Phi) is 2.37. The van der Waals surface area contributed by atoms with E-state index in [0.717, 1.165) is 35.0 Å².